The number of nitrogens with zero attached hydrogens (tertiary/aromatic N) is 2. The van der Waals surface area contributed by atoms with Gasteiger partial charge in [0.2, 0.25) is 0 Å². The van der Waals surface area contributed by atoms with Gasteiger partial charge in [0.25, 0.3) is 0 Å². The Labute approximate surface area is 115 Å². The van der Waals surface area contributed by atoms with Crippen molar-refractivity contribution in [3.63, 3.8) is 0 Å². The molecule has 0 radical (unpaired) electrons. The maximum Gasteiger partial charge on any atom is 0.0766 e. The summed E-state index contributed by atoms with van der Waals surface area (Å²) in [5.41, 5.74) is 2.17. The average molecular weight is 341 g/mol. The number of rotatable bonds is 4. The molecule has 0 fully saturated rings. The SMILES string of the molecule is CC(C)NCc1ccn(-c2ccc(I)cc2)n1. The van der Waals surface area contributed by atoms with Crippen LogP contribution in [0.1, 0.15) is 19.5 Å². The van der Waals surface area contributed by atoms with Crippen molar-refractivity contribution in [2.75, 3.05) is 0 Å². The van der Waals surface area contributed by atoms with E-state index in [4.69, 9.17) is 0 Å². The first-order valence-electron chi connectivity index (χ1n) is 5.69. The highest BCUT2D eigenvalue weighted by Gasteiger charge is 2.01. The highest BCUT2D eigenvalue weighted by atomic mass is 127. The zero-order valence-corrected chi connectivity index (χ0v) is 12.2. The van der Waals surface area contributed by atoms with Crippen LogP contribution >= 0.6 is 22.6 Å². The lowest BCUT2D eigenvalue weighted by molar-refractivity contribution is 0.578. The van der Waals surface area contributed by atoms with Crippen molar-refractivity contribution in [3.05, 3.63) is 45.8 Å². The van der Waals surface area contributed by atoms with E-state index in [-0.39, 0.29) is 0 Å². The summed E-state index contributed by atoms with van der Waals surface area (Å²) < 4.78 is 3.15. The maximum absolute atomic E-state index is 4.53. The van der Waals surface area contributed by atoms with E-state index in [1.165, 1.54) is 3.57 Å². The molecule has 90 valence electrons. The Bertz CT molecular complexity index is 474. The Hall–Kier alpha value is -0.880. The molecular formula is C13H16IN3. The summed E-state index contributed by atoms with van der Waals surface area (Å²) in [7, 11) is 0. The normalized spacial score (nSPS) is 11.1. The predicted octanol–water partition coefficient (Wildman–Crippen LogP) is 2.97. The number of hydrogen-bond acceptors (Lipinski definition) is 2. The molecular weight excluding hydrogens is 325 g/mol. The molecule has 2 aromatic rings. The third kappa shape index (κ3) is 3.54. The molecule has 1 N–H and O–H groups in total. The van der Waals surface area contributed by atoms with Crippen LogP contribution in [0.25, 0.3) is 5.69 Å². The molecule has 0 unspecified atom stereocenters. The standard InChI is InChI=1S/C13H16IN3/c1-10(2)15-9-12-7-8-17(16-12)13-5-3-11(14)4-6-13/h3-8,10,15H,9H2,1-2H3. The minimum absolute atomic E-state index is 0.485. The van der Waals surface area contributed by atoms with Gasteiger partial charge < -0.3 is 5.32 Å². The van der Waals surface area contributed by atoms with Gasteiger partial charge >= 0.3 is 0 Å². The molecule has 0 bridgehead atoms. The van der Waals surface area contributed by atoms with Gasteiger partial charge in [-0.2, -0.15) is 5.10 Å². The zero-order valence-electron chi connectivity index (χ0n) is 10.0. The fourth-order valence-corrected chi connectivity index (χ4v) is 1.86. The van der Waals surface area contributed by atoms with Crippen LogP contribution < -0.4 is 5.32 Å². The monoisotopic (exact) mass is 341 g/mol. The van der Waals surface area contributed by atoms with Crippen LogP contribution in [0.4, 0.5) is 0 Å². The second-order valence-corrected chi connectivity index (χ2v) is 5.51. The van der Waals surface area contributed by atoms with Crippen LogP contribution in [0.2, 0.25) is 0 Å². The smallest absolute Gasteiger partial charge is 0.0766 e. The minimum Gasteiger partial charge on any atom is -0.309 e. The molecule has 2 rings (SSSR count). The van der Waals surface area contributed by atoms with E-state index in [9.17, 15) is 0 Å². The lowest BCUT2D eigenvalue weighted by Gasteiger charge is -2.05. The summed E-state index contributed by atoms with van der Waals surface area (Å²) in [6, 6.07) is 10.9. The first kappa shape index (κ1) is 12.6. The highest BCUT2D eigenvalue weighted by Crippen LogP contribution is 2.11. The molecule has 17 heavy (non-hydrogen) atoms. The van der Waals surface area contributed by atoms with Crippen molar-refractivity contribution in [3.8, 4) is 5.69 Å². The largest absolute Gasteiger partial charge is 0.309 e. The summed E-state index contributed by atoms with van der Waals surface area (Å²) in [6.45, 7) is 5.08. The van der Waals surface area contributed by atoms with Crippen LogP contribution in [0.3, 0.4) is 0 Å². The summed E-state index contributed by atoms with van der Waals surface area (Å²) in [4.78, 5) is 0. The van der Waals surface area contributed by atoms with Crippen LogP contribution in [0.15, 0.2) is 36.5 Å². The Morgan fingerprint density at radius 3 is 2.59 bits per heavy atom. The second kappa shape index (κ2) is 5.64. The highest BCUT2D eigenvalue weighted by molar-refractivity contribution is 14.1. The molecule has 0 saturated heterocycles. The van der Waals surface area contributed by atoms with E-state index >= 15 is 0 Å². The molecule has 0 aliphatic carbocycles. The summed E-state index contributed by atoms with van der Waals surface area (Å²) >= 11 is 2.30. The Morgan fingerprint density at radius 1 is 1.24 bits per heavy atom. The number of hydrogen-bond donors (Lipinski definition) is 1. The second-order valence-electron chi connectivity index (χ2n) is 4.26. The molecule has 0 spiro atoms. The number of benzene rings is 1. The van der Waals surface area contributed by atoms with Gasteiger partial charge in [-0.05, 0) is 52.9 Å². The van der Waals surface area contributed by atoms with Gasteiger partial charge in [-0.3, -0.25) is 0 Å². The number of halogens is 1. The molecule has 0 amide bonds. The van der Waals surface area contributed by atoms with Crippen LogP contribution in [0, 0.1) is 3.57 Å². The van der Waals surface area contributed by atoms with E-state index in [1.54, 1.807) is 0 Å². The molecule has 0 aliphatic heterocycles. The molecule has 0 atom stereocenters. The first-order chi connectivity index (χ1) is 8.15. The van der Waals surface area contributed by atoms with Gasteiger partial charge in [0.05, 0.1) is 11.4 Å². The average Bonchev–Trinajstić information content (AvgIpc) is 2.76. The van der Waals surface area contributed by atoms with Crippen LogP contribution in [0.5, 0.6) is 0 Å². The Morgan fingerprint density at radius 2 is 1.94 bits per heavy atom. The van der Waals surface area contributed by atoms with Crippen molar-refractivity contribution in [2.45, 2.75) is 26.4 Å². The molecule has 3 nitrogen and oxygen atoms in total. The van der Waals surface area contributed by atoms with Crippen molar-refractivity contribution < 1.29 is 0 Å². The fourth-order valence-electron chi connectivity index (χ4n) is 1.50. The fraction of sp³-hybridized carbons (Fsp3) is 0.308. The lowest BCUT2D eigenvalue weighted by Crippen LogP contribution is -2.22. The molecule has 4 heteroatoms. The van der Waals surface area contributed by atoms with Crippen molar-refractivity contribution in [2.24, 2.45) is 0 Å². The van der Waals surface area contributed by atoms with Gasteiger partial charge in [-0.15, -0.1) is 0 Å². The van der Waals surface area contributed by atoms with Crippen LogP contribution in [-0.2, 0) is 6.54 Å². The molecule has 1 aromatic carbocycles. The summed E-state index contributed by atoms with van der Waals surface area (Å²) in [6.07, 6.45) is 2.00. The van der Waals surface area contributed by atoms with E-state index < -0.39 is 0 Å². The lowest BCUT2D eigenvalue weighted by atomic mass is 10.3. The van der Waals surface area contributed by atoms with Gasteiger partial charge in [-0.25, -0.2) is 4.68 Å². The van der Waals surface area contributed by atoms with Gasteiger partial charge in [0.1, 0.15) is 0 Å². The van der Waals surface area contributed by atoms with E-state index in [2.05, 4.69) is 71.1 Å². The van der Waals surface area contributed by atoms with Crippen LogP contribution in [-0.4, -0.2) is 15.8 Å². The molecule has 1 aromatic heterocycles. The van der Waals surface area contributed by atoms with Crippen molar-refractivity contribution in [1.29, 1.82) is 0 Å². The quantitative estimate of drug-likeness (QED) is 0.867. The molecule has 1 heterocycles. The first-order valence-corrected chi connectivity index (χ1v) is 6.77. The molecule has 0 aliphatic rings. The number of nitrogens with one attached hydrogen (secondary N) is 1. The minimum atomic E-state index is 0.485. The van der Waals surface area contributed by atoms with Gasteiger partial charge in [-0.1, -0.05) is 13.8 Å². The van der Waals surface area contributed by atoms with Crippen molar-refractivity contribution in [1.82, 2.24) is 15.1 Å². The van der Waals surface area contributed by atoms with Crippen molar-refractivity contribution >= 4 is 22.6 Å². The third-order valence-electron chi connectivity index (χ3n) is 2.43. The third-order valence-corrected chi connectivity index (χ3v) is 3.15. The van der Waals surface area contributed by atoms with Gasteiger partial charge in [0, 0.05) is 22.4 Å². The predicted molar refractivity (Wildman–Crippen MR) is 78.3 cm³/mol. The number of aromatic nitrogens is 2. The summed E-state index contributed by atoms with van der Waals surface area (Å²) in [5.74, 6) is 0. The van der Waals surface area contributed by atoms with E-state index in [0.29, 0.717) is 6.04 Å². The Kier molecular flexibility index (Phi) is 4.17. The topological polar surface area (TPSA) is 29.9 Å². The zero-order chi connectivity index (χ0) is 12.3. The van der Waals surface area contributed by atoms with E-state index in [1.807, 2.05) is 16.9 Å². The Balaban J connectivity index is 2.10. The molecule has 0 saturated carbocycles. The maximum atomic E-state index is 4.53. The van der Waals surface area contributed by atoms with E-state index in [0.717, 1.165) is 17.9 Å². The summed E-state index contributed by atoms with van der Waals surface area (Å²) in [5, 5.41) is 7.89. The van der Waals surface area contributed by atoms with Gasteiger partial charge in [0.15, 0.2) is 0 Å².